The van der Waals surface area contributed by atoms with Crippen LogP contribution in [0.15, 0.2) is 24.3 Å². The number of fused-ring (bicyclic) bond motifs is 1. The van der Waals surface area contributed by atoms with E-state index in [-0.39, 0.29) is 45.1 Å². The molecule has 0 aromatic heterocycles. The lowest BCUT2D eigenvalue weighted by Gasteiger charge is -2.19. The van der Waals surface area contributed by atoms with E-state index in [0.717, 1.165) is 51.4 Å². The van der Waals surface area contributed by atoms with Crippen molar-refractivity contribution < 1.29 is 29.0 Å². The first kappa shape index (κ1) is 22.8. The molecule has 0 saturated heterocycles. The molecular formula is C25H28N2O6. The van der Waals surface area contributed by atoms with Crippen LogP contribution in [0.4, 0.5) is 0 Å². The Hall–Kier alpha value is -3.42. The Kier molecular flexibility index (Phi) is 6.62. The topological polar surface area (TPSA) is 122 Å². The number of aromatic carboxylic acids is 1. The van der Waals surface area contributed by atoms with E-state index < -0.39 is 23.8 Å². The van der Waals surface area contributed by atoms with Gasteiger partial charge < -0.3 is 20.5 Å². The molecule has 0 heterocycles. The largest absolute Gasteiger partial charge is 0.478 e. The first-order valence-electron chi connectivity index (χ1n) is 11.4. The van der Waals surface area contributed by atoms with E-state index in [2.05, 4.69) is 10.6 Å². The summed E-state index contributed by atoms with van der Waals surface area (Å²) in [5, 5.41) is 16.0. The lowest BCUT2D eigenvalue weighted by molar-refractivity contribution is 0.0601. The van der Waals surface area contributed by atoms with Crippen molar-refractivity contribution in [2.24, 2.45) is 0 Å². The van der Waals surface area contributed by atoms with Crippen LogP contribution >= 0.6 is 0 Å². The van der Waals surface area contributed by atoms with Gasteiger partial charge >= 0.3 is 11.9 Å². The summed E-state index contributed by atoms with van der Waals surface area (Å²) in [5.74, 6) is -2.78. The molecule has 4 rings (SSSR count). The highest BCUT2D eigenvalue weighted by Gasteiger charge is 2.28. The number of ether oxygens (including phenoxy) is 1. The predicted octanol–water partition coefficient (Wildman–Crippen LogP) is 3.67. The van der Waals surface area contributed by atoms with Gasteiger partial charge in [-0.05, 0) is 49.9 Å². The normalized spacial score (nSPS) is 16.6. The molecule has 174 valence electrons. The monoisotopic (exact) mass is 452 g/mol. The van der Waals surface area contributed by atoms with Crippen LogP contribution in [-0.4, -0.2) is 48.1 Å². The van der Waals surface area contributed by atoms with Crippen molar-refractivity contribution in [2.45, 2.75) is 63.5 Å². The summed E-state index contributed by atoms with van der Waals surface area (Å²) in [6.07, 6.45) is 7.59. The maximum atomic E-state index is 13.2. The molecule has 2 aliphatic rings. The van der Waals surface area contributed by atoms with Crippen LogP contribution < -0.4 is 10.6 Å². The zero-order valence-electron chi connectivity index (χ0n) is 18.6. The van der Waals surface area contributed by atoms with Crippen molar-refractivity contribution in [3.63, 3.8) is 0 Å². The van der Waals surface area contributed by atoms with Crippen molar-refractivity contribution in [1.82, 2.24) is 10.6 Å². The van der Waals surface area contributed by atoms with Gasteiger partial charge in [0.1, 0.15) is 0 Å². The van der Waals surface area contributed by atoms with E-state index in [1.165, 1.54) is 31.4 Å². The molecule has 2 amide bonds. The summed E-state index contributed by atoms with van der Waals surface area (Å²) >= 11 is 0. The summed E-state index contributed by atoms with van der Waals surface area (Å²) in [6, 6.07) is 5.64. The second-order valence-corrected chi connectivity index (χ2v) is 8.78. The fourth-order valence-electron chi connectivity index (χ4n) is 5.00. The van der Waals surface area contributed by atoms with Crippen molar-refractivity contribution >= 4 is 34.5 Å². The van der Waals surface area contributed by atoms with Gasteiger partial charge in [-0.25, -0.2) is 9.59 Å². The van der Waals surface area contributed by atoms with E-state index in [1.54, 1.807) is 0 Å². The number of methoxy groups -OCH3 is 1. The number of benzene rings is 2. The predicted molar refractivity (Wildman–Crippen MR) is 122 cm³/mol. The first-order valence-corrected chi connectivity index (χ1v) is 11.4. The molecule has 0 radical (unpaired) electrons. The summed E-state index contributed by atoms with van der Waals surface area (Å²) in [4.78, 5) is 51.1. The molecule has 0 unspecified atom stereocenters. The van der Waals surface area contributed by atoms with Crippen LogP contribution in [0.2, 0.25) is 0 Å². The van der Waals surface area contributed by atoms with E-state index >= 15 is 0 Å². The van der Waals surface area contributed by atoms with Gasteiger partial charge in [0.2, 0.25) is 0 Å². The second-order valence-electron chi connectivity index (χ2n) is 8.78. The number of carboxylic acids is 1. The second kappa shape index (κ2) is 9.60. The Balaban J connectivity index is 1.89. The number of carbonyl (C=O) groups is 4. The lowest BCUT2D eigenvalue weighted by Crippen LogP contribution is -2.34. The number of hydrogen-bond acceptors (Lipinski definition) is 5. The average molecular weight is 453 g/mol. The van der Waals surface area contributed by atoms with Crippen LogP contribution in [0.5, 0.6) is 0 Å². The number of nitrogens with one attached hydrogen (secondary N) is 2. The van der Waals surface area contributed by atoms with Gasteiger partial charge in [-0.2, -0.15) is 0 Å². The third-order valence-corrected chi connectivity index (χ3v) is 6.67. The maximum absolute atomic E-state index is 13.2. The molecule has 3 N–H and O–H groups in total. The number of esters is 1. The molecule has 2 fully saturated rings. The Bertz CT molecular complexity index is 1110. The molecule has 0 aliphatic heterocycles. The lowest BCUT2D eigenvalue weighted by atomic mass is 9.90. The van der Waals surface area contributed by atoms with Crippen molar-refractivity contribution in [1.29, 1.82) is 0 Å². The van der Waals surface area contributed by atoms with E-state index in [9.17, 15) is 24.3 Å². The number of hydrogen-bond donors (Lipinski definition) is 3. The molecule has 0 bridgehead atoms. The number of carboxylic acid groups (broad SMARTS) is 1. The van der Waals surface area contributed by atoms with Gasteiger partial charge in [0.15, 0.2) is 0 Å². The Morgan fingerprint density at radius 2 is 1.12 bits per heavy atom. The minimum Gasteiger partial charge on any atom is -0.478 e. The van der Waals surface area contributed by atoms with E-state index in [0.29, 0.717) is 0 Å². The van der Waals surface area contributed by atoms with Crippen molar-refractivity contribution in [2.75, 3.05) is 7.11 Å². The average Bonchev–Trinajstić information content (AvgIpc) is 3.51. The smallest absolute Gasteiger partial charge is 0.338 e. The van der Waals surface area contributed by atoms with Gasteiger partial charge in [0.25, 0.3) is 11.8 Å². The molecule has 0 spiro atoms. The van der Waals surface area contributed by atoms with Crippen molar-refractivity contribution in [3.05, 3.63) is 46.5 Å². The molecule has 33 heavy (non-hydrogen) atoms. The highest BCUT2D eigenvalue weighted by Crippen LogP contribution is 2.32. The Morgan fingerprint density at radius 1 is 0.727 bits per heavy atom. The fraction of sp³-hybridized carbons (Fsp3) is 0.440. The SMILES string of the molecule is COC(=O)c1ccc(C(=O)NC2CCCC2)c2c(C(=O)O)ccc(C(=O)NC3CCCC3)c12. The molecule has 8 heteroatoms. The van der Waals surface area contributed by atoms with Crippen molar-refractivity contribution in [3.8, 4) is 0 Å². The summed E-state index contributed by atoms with van der Waals surface area (Å²) in [6.45, 7) is 0. The number of amides is 2. The van der Waals surface area contributed by atoms with Crippen LogP contribution in [0.25, 0.3) is 10.8 Å². The minimum atomic E-state index is -1.25. The zero-order valence-corrected chi connectivity index (χ0v) is 18.6. The van der Waals surface area contributed by atoms with E-state index in [4.69, 9.17) is 4.74 Å². The quantitative estimate of drug-likeness (QED) is 0.575. The summed E-state index contributed by atoms with van der Waals surface area (Å²) < 4.78 is 4.90. The van der Waals surface area contributed by atoms with Gasteiger partial charge in [0, 0.05) is 34.0 Å². The molecule has 2 saturated carbocycles. The highest BCUT2D eigenvalue weighted by atomic mass is 16.5. The van der Waals surface area contributed by atoms with Gasteiger partial charge in [-0.1, -0.05) is 25.7 Å². The fourth-order valence-corrected chi connectivity index (χ4v) is 5.00. The van der Waals surface area contributed by atoms with Crippen LogP contribution in [0.3, 0.4) is 0 Å². The standard InChI is InChI=1S/C25H28N2O6/c1-33-25(32)19-13-11-16(22(28)26-14-6-2-3-7-14)20-18(24(30)31)12-10-17(21(19)20)23(29)27-15-8-4-5-9-15/h10-15H,2-9H2,1H3,(H,26,28)(H,27,29)(H,30,31). The van der Waals surface area contributed by atoms with Gasteiger partial charge in [0.05, 0.1) is 18.2 Å². The van der Waals surface area contributed by atoms with Gasteiger partial charge in [-0.3, -0.25) is 9.59 Å². The number of carbonyl (C=O) groups excluding carboxylic acids is 3. The Labute approximate surface area is 191 Å². The number of rotatable bonds is 6. The maximum Gasteiger partial charge on any atom is 0.338 e. The van der Waals surface area contributed by atoms with E-state index in [1.807, 2.05) is 0 Å². The summed E-state index contributed by atoms with van der Waals surface area (Å²) in [7, 11) is 1.22. The molecule has 2 aromatic carbocycles. The molecule has 2 aliphatic carbocycles. The molecule has 0 atom stereocenters. The van der Waals surface area contributed by atoms with Crippen LogP contribution in [-0.2, 0) is 4.74 Å². The van der Waals surface area contributed by atoms with Gasteiger partial charge in [-0.15, -0.1) is 0 Å². The highest BCUT2D eigenvalue weighted by molar-refractivity contribution is 6.23. The van der Waals surface area contributed by atoms with Crippen LogP contribution in [0, 0.1) is 0 Å². The van der Waals surface area contributed by atoms with Crippen LogP contribution in [0.1, 0.15) is 92.8 Å². The molecule has 8 nitrogen and oxygen atoms in total. The Morgan fingerprint density at radius 3 is 1.55 bits per heavy atom. The minimum absolute atomic E-state index is 0.0231. The molecule has 2 aromatic rings. The third-order valence-electron chi connectivity index (χ3n) is 6.67. The zero-order chi connectivity index (χ0) is 23.5. The third kappa shape index (κ3) is 4.55. The molecular weight excluding hydrogens is 424 g/mol. The first-order chi connectivity index (χ1) is 15.9. The summed E-state index contributed by atoms with van der Waals surface area (Å²) in [5.41, 5.74) is 0.171.